The highest BCUT2D eigenvalue weighted by Crippen LogP contribution is 2.27. The first-order chi connectivity index (χ1) is 6.56. The molecule has 0 aromatic carbocycles. The monoisotopic (exact) mass is 196 g/mol. The number of ether oxygens (including phenoxy) is 1. The molecule has 0 amide bonds. The second-order valence-electron chi connectivity index (χ2n) is 4.06. The molecule has 1 aliphatic rings. The van der Waals surface area contributed by atoms with Gasteiger partial charge in [0.1, 0.15) is 12.0 Å². The molecule has 0 saturated heterocycles. The largest absolute Gasteiger partial charge is 0.497 e. The minimum atomic E-state index is -0.503. The predicted octanol–water partition coefficient (Wildman–Crippen LogP) is 1.72. The molecule has 3 nitrogen and oxygen atoms in total. The number of carbonyl (C=O) groups is 2. The van der Waals surface area contributed by atoms with Crippen molar-refractivity contribution in [2.75, 3.05) is 6.61 Å². The van der Waals surface area contributed by atoms with Gasteiger partial charge < -0.3 is 9.53 Å². The summed E-state index contributed by atoms with van der Waals surface area (Å²) in [6.45, 7) is 6.42. The average Bonchev–Trinajstić information content (AvgIpc) is 2.41. The lowest BCUT2D eigenvalue weighted by molar-refractivity contribution is -0.123. The van der Waals surface area contributed by atoms with Crippen molar-refractivity contribution in [3.8, 4) is 0 Å². The number of ketones is 1. The Balaban J connectivity index is 2.61. The first kappa shape index (κ1) is 11.0. The van der Waals surface area contributed by atoms with Gasteiger partial charge in [0.15, 0.2) is 5.78 Å². The van der Waals surface area contributed by atoms with Gasteiger partial charge in [-0.3, -0.25) is 4.79 Å². The zero-order valence-corrected chi connectivity index (χ0v) is 8.87. The lowest BCUT2D eigenvalue weighted by Gasteiger charge is -2.09. The summed E-state index contributed by atoms with van der Waals surface area (Å²) in [6, 6.07) is 0. The first-order valence-corrected chi connectivity index (χ1v) is 4.88. The van der Waals surface area contributed by atoms with Crippen LogP contribution in [-0.2, 0) is 14.3 Å². The molecular weight excluding hydrogens is 180 g/mol. The summed E-state index contributed by atoms with van der Waals surface area (Å²) >= 11 is 0. The van der Waals surface area contributed by atoms with Crippen LogP contribution in [0, 0.1) is 11.8 Å². The van der Waals surface area contributed by atoms with Crippen molar-refractivity contribution in [1.29, 1.82) is 0 Å². The molecule has 14 heavy (non-hydrogen) atoms. The van der Waals surface area contributed by atoms with Crippen LogP contribution in [0.2, 0.25) is 0 Å². The fourth-order valence-electron chi connectivity index (χ4n) is 1.41. The van der Waals surface area contributed by atoms with Crippen molar-refractivity contribution in [3.05, 3.63) is 11.3 Å². The third kappa shape index (κ3) is 2.22. The number of hydrogen-bond donors (Lipinski definition) is 0. The Morgan fingerprint density at radius 1 is 1.57 bits per heavy atom. The molecule has 0 aliphatic heterocycles. The Morgan fingerprint density at radius 2 is 2.21 bits per heavy atom. The number of aldehydes is 1. The molecule has 0 N–H and O–H groups in total. The molecule has 78 valence electrons. The van der Waals surface area contributed by atoms with Gasteiger partial charge in [-0.2, -0.15) is 0 Å². The van der Waals surface area contributed by atoms with E-state index in [9.17, 15) is 9.59 Å². The molecule has 0 saturated carbocycles. The van der Waals surface area contributed by atoms with Crippen molar-refractivity contribution in [2.45, 2.75) is 27.2 Å². The lowest BCUT2D eigenvalue weighted by atomic mass is 10.1. The van der Waals surface area contributed by atoms with Crippen LogP contribution < -0.4 is 0 Å². The molecule has 0 fully saturated rings. The molecule has 0 aromatic rings. The first-order valence-electron chi connectivity index (χ1n) is 4.88. The third-order valence-electron chi connectivity index (χ3n) is 2.29. The van der Waals surface area contributed by atoms with E-state index in [0.29, 0.717) is 36.6 Å². The van der Waals surface area contributed by atoms with Crippen LogP contribution in [0.3, 0.4) is 0 Å². The Labute approximate surface area is 84.1 Å². The summed E-state index contributed by atoms with van der Waals surface area (Å²) in [7, 11) is 0. The van der Waals surface area contributed by atoms with Gasteiger partial charge >= 0.3 is 0 Å². The number of Topliss-reactive ketones (excluding diaryl/α,β-unsaturated/α-hetero) is 1. The van der Waals surface area contributed by atoms with Gasteiger partial charge in [-0.15, -0.1) is 0 Å². The van der Waals surface area contributed by atoms with E-state index < -0.39 is 5.92 Å². The highest BCUT2D eigenvalue weighted by Gasteiger charge is 2.31. The fraction of sp³-hybridized carbons (Fsp3) is 0.636. The van der Waals surface area contributed by atoms with E-state index in [1.807, 2.05) is 13.8 Å². The van der Waals surface area contributed by atoms with Crippen LogP contribution in [-0.4, -0.2) is 18.7 Å². The van der Waals surface area contributed by atoms with E-state index in [1.54, 1.807) is 6.92 Å². The summed E-state index contributed by atoms with van der Waals surface area (Å²) in [5.41, 5.74) is 0.614. The Morgan fingerprint density at radius 3 is 2.64 bits per heavy atom. The maximum atomic E-state index is 11.4. The molecule has 1 rings (SSSR count). The van der Waals surface area contributed by atoms with Crippen molar-refractivity contribution in [3.63, 3.8) is 0 Å². The number of allylic oxidation sites excluding steroid dienone is 2. The van der Waals surface area contributed by atoms with Crippen LogP contribution in [0.25, 0.3) is 0 Å². The molecular formula is C11H16O3. The number of rotatable bonds is 4. The quantitative estimate of drug-likeness (QED) is 0.508. The van der Waals surface area contributed by atoms with Gasteiger partial charge in [0, 0.05) is 12.0 Å². The summed E-state index contributed by atoms with van der Waals surface area (Å²) in [4.78, 5) is 22.0. The van der Waals surface area contributed by atoms with Gasteiger partial charge in [0.25, 0.3) is 0 Å². The van der Waals surface area contributed by atoms with Gasteiger partial charge in [-0.05, 0) is 12.8 Å². The zero-order valence-electron chi connectivity index (χ0n) is 8.87. The SMILES string of the molecule is CC1=C(OCC(C)C)CC(C=O)C1=O. The molecule has 1 aliphatic carbocycles. The Hall–Kier alpha value is -1.12. The molecule has 1 atom stereocenters. The maximum Gasteiger partial charge on any atom is 0.172 e. The summed E-state index contributed by atoms with van der Waals surface area (Å²) < 4.78 is 5.48. The molecule has 0 heterocycles. The van der Waals surface area contributed by atoms with Crippen molar-refractivity contribution < 1.29 is 14.3 Å². The van der Waals surface area contributed by atoms with Gasteiger partial charge in [0.2, 0.25) is 0 Å². The van der Waals surface area contributed by atoms with E-state index in [-0.39, 0.29) is 5.78 Å². The zero-order chi connectivity index (χ0) is 10.7. The minimum Gasteiger partial charge on any atom is -0.497 e. The van der Waals surface area contributed by atoms with E-state index in [4.69, 9.17) is 4.74 Å². The van der Waals surface area contributed by atoms with E-state index in [2.05, 4.69) is 0 Å². The second kappa shape index (κ2) is 4.40. The summed E-state index contributed by atoms with van der Waals surface area (Å²) in [6.07, 6.45) is 1.15. The third-order valence-corrected chi connectivity index (χ3v) is 2.29. The van der Waals surface area contributed by atoms with Gasteiger partial charge in [-0.25, -0.2) is 0 Å². The second-order valence-corrected chi connectivity index (χ2v) is 4.06. The lowest BCUT2D eigenvalue weighted by Crippen LogP contribution is -2.09. The summed E-state index contributed by atoms with van der Waals surface area (Å²) in [5, 5.41) is 0. The van der Waals surface area contributed by atoms with Gasteiger partial charge in [0.05, 0.1) is 12.5 Å². The minimum absolute atomic E-state index is 0.0845. The van der Waals surface area contributed by atoms with Crippen LogP contribution in [0.5, 0.6) is 0 Å². The van der Waals surface area contributed by atoms with Crippen molar-refractivity contribution >= 4 is 12.1 Å². The van der Waals surface area contributed by atoms with Crippen LogP contribution in [0.15, 0.2) is 11.3 Å². The highest BCUT2D eigenvalue weighted by atomic mass is 16.5. The Bertz CT molecular complexity index is 276. The van der Waals surface area contributed by atoms with E-state index in [0.717, 1.165) is 0 Å². The molecule has 3 heteroatoms. The smallest absolute Gasteiger partial charge is 0.172 e. The molecule has 0 spiro atoms. The number of carbonyl (C=O) groups excluding carboxylic acids is 2. The number of hydrogen-bond acceptors (Lipinski definition) is 3. The van der Waals surface area contributed by atoms with Crippen LogP contribution in [0.4, 0.5) is 0 Å². The topological polar surface area (TPSA) is 43.4 Å². The molecule has 0 bridgehead atoms. The van der Waals surface area contributed by atoms with E-state index in [1.165, 1.54) is 0 Å². The Kier molecular flexibility index (Phi) is 3.44. The van der Waals surface area contributed by atoms with Crippen LogP contribution >= 0.6 is 0 Å². The average molecular weight is 196 g/mol. The normalized spacial score (nSPS) is 22.0. The van der Waals surface area contributed by atoms with Crippen LogP contribution in [0.1, 0.15) is 27.2 Å². The highest BCUT2D eigenvalue weighted by molar-refractivity contribution is 6.07. The maximum absolute atomic E-state index is 11.4. The molecule has 1 unspecified atom stereocenters. The van der Waals surface area contributed by atoms with Crippen molar-refractivity contribution in [2.24, 2.45) is 11.8 Å². The van der Waals surface area contributed by atoms with Gasteiger partial charge in [-0.1, -0.05) is 13.8 Å². The predicted molar refractivity (Wildman–Crippen MR) is 52.7 cm³/mol. The van der Waals surface area contributed by atoms with E-state index >= 15 is 0 Å². The fourth-order valence-corrected chi connectivity index (χ4v) is 1.41. The standard InChI is InChI=1S/C11H16O3/c1-7(2)6-14-10-4-9(5-12)11(13)8(10)3/h5,7,9H,4,6H2,1-3H3. The van der Waals surface area contributed by atoms with Crippen molar-refractivity contribution in [1.82, 2.24) is 0 Å². The molecule has 0 aromatic heterocycles. The summed E-state index contributed by atoms with van der Waals surface area (Å²) in [5.74, 6) is 0.539. The molecule has 0 radical (unpaired) electrons.